The SMILES string of the molecule is CC1CCOC1c1nc(N)no1. The van der Waals surface area contributed by atoms with Crippen molar-refractivity contribution in [3.63, 3.8) is 0 Å². The number of aromatic nitrogens is 2. The third-order valence-electron chi connectivity index (χ3n) is 2.09. The van der Waals surface area contributed by atoms with Crippen LogP contribution in [0.5, 0.6) is 0 Å². The minimum atomic E-state index is -0.0604. The first-order chi connectivity index (χ1) is 5.77. The van der Waals surface area contributed by atoms with Crippen LogP contribution in [-0.4, -0.2) is 16.7 Å². The fraction of sp³-hybridized carbons (Fsp3) is 0.714. The van der Waals surface area contributed by atoms with Crippen LogP contribution in [0.1, 0.15) is 25.3 Å². The predicted octanol–water partition coefficient (Wildman–Crippen LogP) is 0.749. The van der Waals surface area contributed by atoms with E-state index in [0.29, 0.717) is 11.8 Å². The lowest BCUT2D eigenvalue weighted by molar-refractivity contribution is 0.0661. The quantitative estimate of drug-likeness (QED) is 0.671. The Hall–Kier alpha value is -1.10. The minimum absolute atomic E-state index is 0.0604. The second-order valence-corrected chi connectivity index (χ2v) is 3.05. The lowest BCUT2D eigenvalue weighted by Crippen LogP contribution is -2.04. The summed E-state index contributed by atoms with van der Waals surface area (Å²) in [6.45, 7) is 2.85. The molecule has 1 aromatic rings. The van der Waals surface area contributed by atoms with Gasteiger partial charge in [0.1, 0.15) is 6.10 Å². The van der Waals surface area contributed by atoms with Crippen molar-refractivity contribution in [2.75, 3.05) is 12.3 Å². The van der Waals surface area contributed by atoms with Crippen molar-refractivity contribution in [2.24, 2.45) is 5.92 Å². The van der Waals surface area contributed by atoms with Gasteiger partial charge in [-0.3, -0.25) is 0 Å². The lowest BCUT2D eigenvalue weighted by Gasteiger charge is -2.07. The standard InChI is InChI=1S/C7H11N3O2/c1-4-2-3-11-5(4)6-9-7(8)10-12-6/h4-5H,2-3H2,1H3,(H2,8,10). The van der Waals surface area contributed by atoms with Gasteiger partial charge >= 0.3 is 0 Å². The zero-order valence-electron chi connectivity index (χ0n) is 6.86. The molecular weight excluding hydrogens is 158 g/mol. The summed E-state index contributed by atoms with van der Waals surface area (Å²) in [5, 5.41) is 3.51. The Labute approximate surface area is 69.9 Å². The topological polar surface area (TPSA) is 74.2 Å². The summed E-state index contributed by atoms with van der Waals surface area (Å²) in [5.41, 5.74) is 5.32. The van der Waals surface area contributed by atoms with Crippen LogP contribution in [0.4, 0.5) is 5.95 Å². The Morgan fingerprint density at radius 2 is 2.42 bits per heavy atom. The van der Waals surface area contributed by atoms with Gasteiger partial charge in [-0.05, 0) is 17.5 Å². The summed E-state index contributed by atoms with van der Waals surface area (Å²) in [6.07, 6.45) is 0.974. The predicted molar refractivity (Wildman–Crippen MR) is 41.2 cm³/mol. The molecule has 5 heteroatoms. The van der Waals surface area contributed by atoms with Gasteiger partial charge in [-0.1, -0.05) is 6.92 Å². The molecule has 0 bridgehead atoms. The van der Waals surface area contributed by atoms with E-state index in [9.17, 15) is 0 Å². The highest BCUT2D eigenvalue weighted by Gasteiger charge is 2.30. The van der Waals surface area contributed by atoms with Gasteiger partial charge in [0.25, 0.3) is 11.8 Å². The van der Waals surface area contributed by atoms with Crippen molar-refractivity contribution in [3.8, 4) is 0 Å². The van der Waals surface area contributed by atoms with Gasteiger partial charge in [-0.15, -0.1) is 0 Å². The summed E-state index contributed by atoms with van der Waals surface area (Å²) >= 11 is 0. The molecule has 12 heavy (non-hydrogen) atoms. The fourth-order valence-corrected chi connectivity index (χ4v) is 1.37. The van der Waals surface area contributed by atoms with Crippen molar-refractivity contribution in [1.82, 2.24) is 10.1 Å². The van der Waals surface area contributed by atoms with E-state index in [1.807, 2.05) is 0 Å². The molecule has 0 amide bonds. The number of hydrogen-bond donors (Lipinski definition) is 1. The Balaban J connectivity index is 2.19. The maximum atomic E-state index is 5.41. The Morgan fingerprint density at radius 1 is 1.58 bits per heavy atom. The van der Waals surface area contributed by atoms with E-state index in [1.165, 1.54) is 0 Å². The highest BCUT2D eigenvalue weighted by Crippen LogP contribution is 2.32. The Morgan fingerprint density at radius 3 is 2.92 bits per heavy atom. The summed E-state index contributed by atoms with van der Waals surface area (Å²) < 4.78 is 10.3. The van der Waals surface area contributed by atoms with Gasteiger partial charge in [-0.25, -0.2) is 0 Å². The van der Waals surface area contributed by atoms with Crippen LogP contribution in [0.15, 0.2) is 4.52 Å². The van der Waals surface area contributed by atoms with Gasteiger partial charge in [0.15, 0.2) is 0 Å². The molecule has 0 radical (unpaired) electrons. The van der Waals surface area contributed by atoms with Gasteiger partial charge in [0.05, 0.1) is 0 Å². The van der Waals surface area contributed by atoms with E-state index in [2.05, 4.69) is 17.1 Å². The van der Waals surface area contributed by atoms with Gasteiger partial charge in [-0.2, -0.15) is 4.98 Å². The molecule has 1 saturated heterocycles. The average molecular weight is 169 g/mol. The molecule has 2 unspecified atom stereocenters. The second-order valence-electron chi connectivity index (χ2n) is 3.05. The van der Waals surface area contributed by atoms with Crippen LogP contribution in [0.2, 0.25) is 0 Å². The smallest absolute Gasteiger partial charge is 0.260 e. The number of anilines is 1. The third-order valence-corrected chi connectivity index (χ3v) is 2.09. The maximum Gasteiger partial charge on any atom is 0.260 e. The molecule has 0 aliphatic carbocycles. The molecule has 1 aliphatic heterocycles. The number of rotatable bonds is 1. The number of nitrogens with two attached hydrogens (primary N) is 1. The van der Waals surface area contributed by atoms with Crippen LogP contribution in [0.3, 0.4) is 0 Å². The Bertz CT molecular complexity index is 273. The fourth-order valence-electron chi connectivity index (χ4n) is 1.37. The van der Waals surface area contributed by atoms with Gasteiger partial charge in [0, 0.05) is 6.61 Å². The second kappa shape index (κ2) is 2.75. The average Bonchev–Trinajstić information content (AvgIpc) is 2.58. The molecule has 2 rings (SSSR count). The molecule has 0 saturated carbocycles. The minimum Gasteiger partial charge on any atom is -0.368 e. The number of ether oxygens (including phenoxy) is 1. The van der Waals surface area contributed by atoms with E-state index in [0.717, 1.165) is 13.0 Å². The van der Waals surface area contributed by atoms with Crippen LogP contribution in [0.25, 0.3) is 0 Å². The van der Waals surface area contributed by atoms with Crippen molar-refractivity contribution in [1.29, 1.82) is 0 Å². The zero-order valence-corrected chi connectivity index (χ0v) is 6.86. The molecule has 2 heterocycles. The number of nitrogen functional groups attached to an aromatic ring is 1. The van der Waals surface area contributed by atoms with Crippen LogP contribution in [-0.2, 0) is 4.74 Å². The lowest BCUT2D eigenvalue weighted by atomic mass is 10.0. The van der Waals surface area contributed by atoms with Crippen LogP contribution >= 0.6 is 0 Å². The van der Waals surface area contributed by atoms with Gasteiger partial charge < -0.3 is 15.0 Å². The highest BCUT2D eigenvalue weighted by molar-refractivity contribution is 5.11. The third kappa shape index (κ3) is 1.16. The highest BCUT2D eigenvalue weighted by atomic mass is 16.5. The molecule has 0 spiro atoms. The zero-order chi connectivity index (χ0) is 8.55. The van der Waals surface area contributed by atoms with E-state index >= 15 is 0 Å². The number of nitrogens with zero attached hydrogens (tertiary/aromatic N) is 2. The monoisotopic (exact) mass is 169 g/mol. The van der Waals surface area contributed by atoms with Crippen molar-refractivity contribution < 1.29 is 9.26 Å². The normalized spacial score (nSPS) is 29.4. The van der Waals surface area contributed by atoms with E-state index in [-0.39, 0.29) is 12.1 Å². The number of hydrogen-bond acceptors (Lipinski definition) is 5. The molecule has 2 atom stereocenters. The maximum absolute atomic E-state index is 5.41. The molecular formula is C7H11N3O2. The summed E-state index contributed by atoms with van der Waals surface area (Å²) in [4.78, 5) is 3.92. The van der Waals surface area contributed by atoms with Crippen molar-refractivity contribution >= 4 is 5.95 Å². The van der Waals surface area contributed by atoms with Crippen LogP contribution < -0.4 is 5.73 Å². The summed E-state index contributed by atoms with van der Waals surface area (Å²) in [7, 11) is 0. The Kier molecular flexibility index (Phi) is 1.73. The molecule has 66 valence electrons. The molecule has 1 aliphatic rings. The molecule has 1 fully saturated rings. The van der Waals surface area contributed by atoms with Crippen LogP contribution in [0, 0.1) is 5.92 Å². The van der Waals surface area contributed by atoms with Crippen molar-refractivity contribution in [3.05, 3.63) is 5.89 Å². The van der Waals surface area contributed by atoms with E-state index in [4.69, 9.17) is 15.0 Å². The van der Waals surface area contributed by atoms with E-state index < -0.39 is 0 Å². The first-order valence-electron chi connectivity index (χ1n) is 3.98. The molecule has 1 aromatic heterocycles. The molecule has 0 aromatic carbocycles. The molecule has 2 N–H and O–H groups in total. The first kappa shape index (κ1) is 7.54. The van der Waals surface area contributed by atoms with E-state index in [1.54, 1.807) is 0 Å². The summed E-state index contributed by atoms with van der Waals surface area (Å²) in [6, 6.07) is 0. The summed E-state index contributed by atoms with van der Waals surface area (Å²) in [5.74, 6) is 1.11. The largest absolute Gasteiger partial charge is 0.368 e. The first-order valence-corrected chi connectivity index (χ1v) is 3.98. The van der Waals surface area contributed by atoms with Gasteiger partial charge in [0.2, 0.25) is 0 Å². The van der Waals surface area contributed by atoms with Crippen molar-refractivity contribution in [2.45, 2.75) is 19.4 Å². The molecule has 5 nitrogen and oxygen atoms in total.